The zero-order chi connectivity index (χ0) is 16.7. The van der Waals surface area contributed by atoms with Crippen LogP contribution in [0.25, 0.3) is 10.8 Å². The van der Waals surface area contributed by atoms with Crippen LogP contribution in [0.5, 0.6) is 5.75 Å². The van der Waals surface area contributed by atoms with Crippen LogP contribution in [0.4, 0.5) is 0 Å². The fraction of sp³-hybridized carbons (Fsp3) is 0.0500. The van der Waals surface area contributed by atoms with Gasteiger partial charge in [-0.15, -0.1) is 0 Å². The SMILES string of the molecule is N#CC1=C(N)Oc2ccc3ccccc3c2C1c1cccc(Cl)c1. The van der Waals surface area contributed by atoms with E-state index >= 15 is 0 Å². The van der Waals surface area contributed by atoms with Gasteiger partial charge >= 0.3 is 0 Å². The number of benzene rings is 3. The first kappa shape index (κ1) is 14.6. The van der Waals surface area contributed by atoms with Crippen LogP contribution in [0, 0.1) is 11.3 Å². The Hall–Kier alpha value is -2.96. The molecule has 0 aliphatic carbocycles. The average molecular weight is 333 g/mol. The number of fused-ring (bicyclic) bond motifs is 3. The third kappa shape index (κ3) is 2.20. The molecule has 1 atom stereocenters. The Kier molecular flexibility index (Phi) is 3.41. The smallest absolute Gasteiger partial charge is 0.205 e. The van der Waals surface area contributed by atoms with Crippen molar-refractivity contribution < 1.29 is 4.74 Å². The minimum Gasteiger partial charge on any atom is -0.440 e. The number of ether oxygens (including phenoxy) is 1. The van der Waals surface area contributed by atoms with Crippen LogP contribution in [-0.4, -0.2) is 0 Å². The number of hydrogen-bond donors (Lipinski definition) is 1. The summed E-state index contributed by atoms with van der Waals surface area (Å²) in [6.45, 7) is 0. The third-order valence-electron chi connectivity index (χ3n) is 4.30. The van der Waals surface area contributed by atoms with Gasteiger partial charge in [-0.1, -0.05) is 54.1 Å². The molecule has 4 rings (SSSR count). The number of nitrogens with two attached hydrogens (primary N) is 1. The van der Waals surface area contributed by atoms with Crippen LogP contribution < -0.4 is 10.5 Å². The van der Waals surface area contributed by atoms with E-state index in [4.69, 9.17) is 22.1 Å². The monoisotopic (exact) mass is 332 g/mol. The van der Waals surface area contributed by atoms with E-state index in [9.17, 15) is 5.26 Å². The summed E-state index contributed by atoms with van der Waals surface area (Å²) < 4.78 is 5.73. The molecule has 1 unspecified atom stereocenters. The first-order valence-corrected chi connectivity index (χ1v) is 7.91. The molecule has 1 heterocycles. The number of nitriles is 1. The number of rotatable bonds is 1. The van der Waals surface area contributed by atoms with Gasteiger partial charge in [0.05, 0.1) is 5.92 Å². The zero-order valence-corrected chi connectivity index (χ0v) is 13.4. The molecule has 3 aromatic carbocycles. The molecule has 0 bridgehead atoms. The van der Waals surface area contributed by atoms with E-state index in [-0.39, 0.29) is 11.8 Å². The van der Waals surface area contributed by atoms with Crippen LogP contribution in [-0.2, 0) is 0 Å². The molecule has 0 aromatic heterocycles. The fourth-order valence-corrected chi connectivity index (χ4v) is 3.46. The molecule has 3 nitrogen and oxygen atoms in total. The molecule has 0 saturated carbocycles. The number of hydrogen-bond acceptors (Lipinski definition) is 3. The van der Waals surface area contributed by atoms with Crippen molar-refractivity contribution in [3.05, 3.63) is 88.3 Å². The second kappa shape index (κ2) is 5.59. The molecule has 0 fully saturated rings. The lowest BCUT2D eigenvalue weighted by atomic mass is 9.81. The van der Waals surface area contributed by atoms with E-state index < -0.39 is 0 Å². The molecular formula is C20H13ClN2O. The van der Waals surface area contributed by atoms with Gasteiger partial charge in [0.1, 0.15) is 17.4 Å². The molecule has 0 radical (unpaired) electrons. The lowest BCUT2D eigenvalue weighted by Gasteiger charge is -2.28. The minimum absolute atomic E-state index is 0.144. The maximum Gasteiger partial charge on any atom is 0.205 e. The van der Waals surface area contributed by atoms with Crippen molar-refractivity contribution >= 4 is 22.4 Å². The third-order valence-corrected chi connectivity index (χ3v) is 4.53. The van der Waals surface area contributed by atoms with Gasteiger partial charge in [0, 0.05) is 10.6 Å². The summed E-state index contributed by atoms with van der Waals surface area (Å²) in [7, 11) is 0. The van der Waals surface area contributed by atoms with Crippen LogP contribution >= 0.6 is 11.6 Å². The minimum atomic E-state index is -0.302. The maximum atomic E-state index is 9.66. The van der Waals surface area contributed by atoms with Crippen LogP contribution in [0.2, 0.25) is 5.02 Å². The summed E-state index contributed by atoms with van der Waals surface area (Å²) in [6.07, 6.45) is 0. The fourth-order valence-electron chi connectivity index (χ4n) is 3.26. The standard InChI is InChI=1S/C20H13ClN2O/c21-14-6-3-5-13(10-14)18-16(11-22)20(23)24-17-9-8-12-4-1-2-7-15(12)19(17)18/h1-10,18H,23H2. The number of halogens is 1. The molecule has 0 saturated heterocycles. The molecule has 1 aliphatic rings. The molecule has 4 heteroatoms. The molecule has 0 spiro atoms. The van der Waals surface area contributed by atoms with Gasteiger partial charge < -0.3 is 10.5 Å². The summed E-state index contributed by atoms with van der Waals surface area (Å²) in [5.74, 6) is 0.518. The summed E-state index contributed by atoms with van der Waals surface area (Å²) in [5.41, 5.74) is 8.28. The molecule has 1 aliphatic heterocycles. The highest BCUT2D eigenvalue weighted by Gasteiger charge is 2.32. The van der Waals surface area contributed by atoms with Crippen molar-refractivity contribution in [1.82, 2.24) is 0 Å². The van der Waals surface area contributed by atoms with Gasteiger partial charge in [0.25, 0.3) is 0 Å². The number of nitrogens with zero attached hydrogens (tertiary/aromatic N) is 1. The predicted octanol–water partition coefficient (Wildman–Crippen LogP) is 4.71. The van der Waals surface area contributed by atoms with Crippen LogP contribution in [0.15, 0.2) is 72.1 Å². The van der Waals surface area contributed by atoms with Gasteiger partial charge in [-0.25, -0.2) is 0 Å². The van der Waals surface area contributed by atoms with Gasteiger partial charge in [-0.3, -0.25) is 0 Å². The highest BCUT2D eigenvalue weighted by Crippen LogP contribution is 2.45. The molecule has 24 heavy (non-hydrogen) atoms. The second-order valence-electron chi connectivity index (χ2n) is 5.68. The zero-order valence-electron chi connectivity index (χ0n) is 12.7. The predicted molar refractivity (Wildman–Crippen MR) is 94.7 cm³/mol. The van der Waals surface area contributed by atoms with E-state index in [1.54, 1.807) is 0 Å². The molecule has 2 N–H and O–H groups in total. The average Bonchev–Trinajstić information content (AvgIpc) is 2.60. The van der Waals surface area contributed by atoms with Gasteiger partial charge in [0.15, 0.2) is 0 Å². The maximum absolute atomic E-state index is 9.66. The van der Waals surface area contributed by atoms with Crippen molar-refractivity contribution in [2.45, 2.75) is 5.92 Å². The molecule has 3 aromatic rings. The molecule has 0 amide bonds. The normalized spacial score (nSPS) is 16.4. The quantitative estimate of drug-likeness (QED) is 0.702. The van der Waals surface area contributed by atoms with Crippen LogP contribution in [0.1, 0.15) is 17.0 Å². The summed E-state index contributed by atoms with van der Waals surface area (Å²) in [6, 6.07) is 21.7. The Labute approximate surface area is 144 Å². The Morgan fingerprint density at radius 2 is 1.88 bits per heavy atom. The van der Waals surface area contributed by atoms with Crippen molar-refractivity contribution in [2.24, 2.45) is 5.73 Å². The van der Waals surface area contributed by atoms with E-state index in [0.717, 1.165) is 21.9 Å². The molecular weight excluding hydrogens is 320 g/mol. The van der Waals surface area contributed by atoms with E-state index in [2.05, 4.69) is 6.07 Å². The summed E-state index contributed by atoms with van der Waals surface area (Å²) in [5, 5.41) is 12.4. The van der Waals surface area contributed by atoms with Crippen molar-refractivity contribution in [3.63, 3.8) is 0 Å². The largest absolute Gasteiger partial charge is 0.440 e. The van der Waals surface area contributed by atoms with Crippen molar-refractivity contribution in [2.75, 3.05) is 0 Å². The van der Waals surface area contributed by atoms with Gasteiger partial charge in [0.2, 0.25) is 5.88 Å². The Morgan fingerprint density at radius 3 is 2.67 bits per heavy atom. The second-order valence-corrected chi connectivity index (χ2v) is 6.11. The topological polar surface area (TPSA) is 59.0 Å². The summed E-state index contributed by atoms with van der Waals surface area (Å²) >= 11 is 6.18. The Bertz CT molecular complexity index is 1030. The van der Waals surface area contributed by atoms with Crippen molar-refractivity contribution in [1.29, 1.82) is 5.26 Å². The van der Waals surface area contributed by atoms with Gasteiger partial charge in [-0.2, -0.15) is 5.26 Å². The van der Waals surface area contributed by atoms with E-state index in [1.165, 1.54) is 0 Å². The highest BCUT2D eigenvalue weighted by molar-refractivity contribution is 6.30. The first-order chi connectivity index (χ1) is 11.7. The van der Waals surface area contributed by atoms with Crippen LogP contribution in [0.3, 0.4) is 0 Å². The summed E-state index contributed by atoms with van der Waals surface area (Å²) in [4.78, 5) is 0. The lowest BCUT2D eigenvalue weighted by Crippen LogP contribution is -2.21. The Balaban J connectivity index is 2.07. The van der Waals surface area contributed by atoms with E-state index in [0.29, 0.717) is 16.3 Å². The van der Waals surface area contributed by atoms with Crippen molar-refractivity contribution in [3.8, 4) is 11.8 Å². The molecule has 116 valence electrons. The number of allylic oxidation sites excluding steroid dienone is 1. The van der Waals surface area contributed by atoms with Gasteiger partial charge in [-0.05, 0) is 34.5 Å². The Morgan fingerprint density at radius 1 is 1.04 bits per heavy atom. The van der Waals surface area contributed by atoms with E-state index in [1.807, 2.05) is 60.7 Å². The lowest BCUT2D eigenvalue weighted by molar-refractivity contribution is 0.395. The highest BCUT2D eigenvalue weighted by atomic mass is 35.5. The first-order valence-electron chi connectivity index (χ1n) is 7.53.